The van der Waals surface area contributed by atoms with Gasteiger partial charge in [-0.05, 0) is 53.3 Å². The first-order chi connectivity index (χ1) is 13.2. The van der Waals surface area contributed by atoms with Crippen molar-refractivity contribution in [2.75, 3.05) is 31.8 Å². The molecule has 0 aliphatic carbocycles. The summed E-state index contributed by atoms with van der Waals surface area (Å²) in [6.07, 6.45) is 4.65. The second-order valence-corrected chi connectivity index (χ2v) is 7.96. The zero-order valence-electron chi connectivity index (χ0n) is 14.8. The first-order valence-electron chi connectivity index (χ1n) is 8.53. The largest absolute Gasteiger partial charge is 0.454 e. The molecule has 0 amide bonds. The molecule has 0 radical (unpaired) electrons. The number of ether oxygens (including phenoxy) is 2. The van der Waals surface area contributed by atoms with Gasteiger partial charge in [0.15, 0.2) is 11.5 Å². The lowest BCUT2D eigenvalue weighted by Crippen LogP contribution is -2.23. The smallest absolute Gasteiger partial charge is 0.248 e. The molecular weight excluding hydrogens is 479 g/mol. The molecule has 0 saturated heterocycles. The molecule has 3 heterocycles. The fourth-order valence-electron chi connectivity index (χ4n) is 2.70. The minimum absolute atomic E-state index is 0.311. The third kappa shape index (κ3) is 4.50. The van der Waals surface area contributed by atoms with Crippen molar-refractivity contribution < 1.29 is 9.47 Å². The molecule has 8 nitrogen and oxygen atoms in total. The number of aromatic nitrogens is 4. The molecule has 27 heavy (non-hydrogen) atoms. The number of rotatable bonds is 8. The lowest BCUT2D eigenvalue weighted by molar-refractivity contribution is 0.174. The molecule has 4 rings (SSSR count). The number of hydrogen-bond acceptors (Lipinski definition) is 8. The van der Waals surface area contributed by atoms with Crippen LogP contribution in [0.3, 0.4) is 0 Å². The molecule has 1 aliphatic heterocycles. The molecule has 3 aromatic rings. The summed E-state index contributed by atoms with van der Waals surface area (Å²) in [5.74, 6) is 2.31. The van der Waals surface area contributed by atoms with Crippen molar-refractivity contribution in [1.29, 1.82) is 0 Å². The average Bonchev–Trinajstić information content (AvgIpc) is 3.40. The van der Waals surface area contributed by atoms with Gasteiger partial charge < -0.3 is 19.7 Å². The number of nitrogens with one attached hydrogen (secondary N) is 1. The van der Waals surface area contributed by atoms with E-state index in [9.17, 15) is 0 Å². The van der Waals surface area contributed by atoms with Gasteiger partial charge in [0.2, 0.25) is 17.9 Å². The molecule has 0 spiro atoms. The lowest BCUT2D eigenvalue weighted by atomic mass is 10.2. The molecule has 0 bridgehead atoms. The Morgan fingerprint density at radius 2 is 2.22 bits per heavy atom. The normalized spacial score (nSPS) is 12.5. The molecule has 10 heteroatoms. The fourth-order valence-corrected chi connectivity index (χ4v) is 3.77. The third-order valence-electron chi connectivity index (χ3n) is 4.13. The zero-order valence-corrected chi connectivity index (χ0v) is 17.7. The fraction of sp³-hybridized carbons (Fsp3) is 0.353. The van der Waals surface area contributed by atoms with E-state index >= 15 is 0 Å². The van der Waals surface area contributed by atoms with Crippen molar-refractivity contribution in [2.45, 2.75) is 13.0 Å². The topological polar surface area (TPSA) is 77.3 Å². The number of nitrogens with zero attached hydrogens (tertiary/aromatic N) is 5. The quantitative estimate of drug-likeness (QED) is 0.378. The van der Waals surface area contributed by atoms with E-state index in [0.29, 0.717) is 12.7 Å². The van der Waals surface area contributed by atoms with Crippen molar-refractivity contribution in [3.05, 3.63) is 40.0 Å². The lowest BCUT2D eigenvalue weighted by Gasteiger charge is -2.15. The van der Waals surface area contributed by atoms with Crippen LogP contribution >= 0.6 is 34.1 Å². The van der Waals surface area contributed by atoms with E-state index in [0.717, 1.165) is 46.4 Å². The molecule has 1 aliphatic rings. The van der Waals surface area contributed by atoms with E-state index in [1.54, 1.807) is 6.33 Å². The van der Waals surface area contributed by atoms with Gasteiger partial charge in [-0.2, -0.15) is 9.36 Å². The van der Waals surface area contributed by atoms with Crippen LogP contribution in [-0.2, 0) is 6.54 Å². The summed E-state index contributed by atoms with van der Waals surface area (Å²) < 4.78 is 17.9. The minimum Gasteiger partial charge on any atom is -0.454 e. The van der Waals surface area contributed by atoms with Crippen LogP contribution in [0.15, 0.2) is 30.7 Å². The van der Waals surface area contributed by atoms with Crippen molar-refractivity contribution >= 4 is 39.3 Å². The van der Waals surface area contributed by atoms with E-state index in [2.05, 4.69) is 53.2 Å². The summed E-state index contributed by atoms with van der Waals surface area (Å²) in [5, 5.41) is 4.37. The monoisotopic (exact) mass is 498 g/mol. The summed E-state index contributed by atoms with van der Waals surface area (Å²) in [7, 11) is 2.04. The average molecular weight is 498 g/mol. The number of benzene rings is 1. The van der Waals surface area contributed by atoms with Gasteiger partial charge in [-0.1, -0.05) is 6.07 Å². The molecule has 1 N–H and O–H groups in total. The van der Waals surface area contributed by atoms with Gasteiger partial charge in [-0.25, -0.2) is 4.98 Å². The van der Waals surface area contributed by atoms with Gasteiger partial charge in [-0.3, -0.25) is 4.57 Å². The molecule has 1 aromatic carbocycles. The highest BCUT2D eigenvalue weighted by Crippen LogP contribution is 2.32. The van der Waals surface area contributed by atoms with Gasteiger partial charge in [0.25, 0.3) is 0 Å². The van der Waals surface area contributed by atoms with Crippen LogP contribution in [0, 0.1) is 3.70 Å². The van der Waals surface area contributed by atoms with Crippen LogP contribution in [0.5, 0.6) is 11.5 Å². The molecule has 0 atom stereocenters. The van der Waals surface area contributed by atoms with Crippen molar-refractivity contribution in [3.8, 4) is 17.4 Å². The maximum atomic E-state index is 5.41. The Balaban J connectivity index is 1.21. The highest BCUT2D eigenvalue weighted by Gasteiger charge is 2.13. The highest BCUT2D eigenvalue weighted by atomic mass is 127. The van der Waals surface area contributed by atoms with E-state index in [-0.39, 0.29) is 0 Å². The summed E-state index contributed by atoms with van der Waals surface area (Å²) in [6, 6.07) is 6.05. The Labute approximate surface area is 174 Å². The molecule has 142 valence electrons. The minimum atomic E-state index is 0.311. The summed E-state index contributed by atoms with van der Waals surface area (Å²) >= 11 is 3.57. The maximum Gasteiger partial charge on any atom is 0.248 e. The van der Waals surface area contributed by atoms with Gasteiger partial charge in [0, 0.05) is 37.9 Å². The standard InChI is InChI=1S/C17H19IN6O2S/c1-23(17-21-16(22-27-17)24-9-15(18)20-10-24)6-2-5-19-8-12-3-4-13-14(7-12)26-11-25-13/h3-4,7,9-10,19H,2,5-6,8,11H2,1H3. The predicted octanol–water partition coefficient (Wildman–Crippen LogP) is 2.67. The number of hydrogen-bond donors (Lipinski definition) is 1. The van der Waals surface area contributed by atoms with Crippen molar-refractivity contribution in [2.24, 2.45) is 0 Å². The molecule has 2 aromatic heterocycles. The van der Waals surface area contributed by atoms with Gasteiger partial charge in [0.1, 0.15) is 10.0 Å². The Morgan fingerprint density at radius 3 is 3.07 bits per heavy atom. The first-order valence-corrected chi connectivity index (χ1v) is 10.4. The second kappa shape index (κ2) is 8.40. The predicted molar refractivity (Wildman–Crippen MR) is 112 cm³/mol. The van der Waals surface area contributed by atoms with Crippen LogP contribution in [0.25, 0.3) is 5.95 Å². The van der Waals surface area contributed by atoms with Crippen molar-refractivity contribution in [3.63, 3.8) is 0 Å². The van der Waals surface area contributed by atoms with Crippen LogP contribution < -0.4 is 19.7 Å². The zero-order chi connectivity index (χ0) is 18.6. The van der Waals surface area contributed by atoms with Crippen LogP contribution in [0.1, 0.15) is 12.0 Å². The Bertz CT molecular complexity index is 914. The Morgan fingerprint density at radius 1 is 1.33 bits per heavy atom. The van der Waals surface area contributed by atoms with Gasteiger partial charge >= 0.3 is 0 Å². The van der Waals surface area contributed by atoms with E-state index in [1.807, 2.05) is 29.9 Å². The Kier molecular flexibility index (Phi) is 5.74. The maximum absolute atomic E-state index is 5.41. The van der Waals surface area contributed by atoms with Crippen LogP contribution in [0.4, 0.5) is 5.13 Å². The van der Waals surface area contributed by atoms with Gasteiger partial charge in [-0.15, -0.1) is 0 Å². The number of imidazole rings is 1. The van der Waals surface area contributed by atoms with E-state index < -0.39 is 0 Å². The Hall–Kier alpha value is -1.92. The van der Waals surface area contributed by atoms with E-state index in [1.165, 1.54) is 17.1 Å². The highest BCUT2D eigenvalue weighted by molar-refractivity contribution is 14.1. The SMILES string of the molecule is CN(CCCNCc1ccc2c(c1)OCO2)c1nc(-n2cnc(I)c2)ns1. The number of halogens is 1. The van der Waals surface area contributed by atoms with Gasteiger partial charge in [0.05, 0.1) is 0 Å². The number of fused-ring (bicyclic) bond motifs is 1. The molecule has 0 saturated carbocycles. The number of anilines is 1. The van der Waals surface area contributed by atoms with Crippen LogP contribution in [0.2, 0.25) is 0 Å². The first kappa shape index (κ1) is 18.4. The summed E-state index contributed by atoms with van der Waals surface area (Å²) in [5.41, 5.74) is 1.19. The van der Waals surface area contributed by atoms with Crippen LogP contribution in [-0.4, -0.2) is 45.8 Å². The molecule has 0 unspecified atom stereocenters. The molecule has 0 fully saturated rings. The summed E-state index contributed by atoms with van der Waals surface area (Å²) in [4.78, 5) is 10.9. The van der Waals surface area contributed by atoms with E-state index in [4.69, 9.17) is 9.47 Å². The summed E-state index contributed by atoms with van der Waals surface area (Å²) in [6.45, 7) is 2.95. The van der Waals surface area contributed by atoms with Crippen molar-refractivity contribution in [1.82, 2.24) is 24.2 Å². The molecular formula is C17H19IN6O2S. The second-order valence-electron chi connectivity index (χ2n) is 6.12. The third-order valence-corrected chi connectivity index (χ3v) is 5.50.